The lowest BCUT2D eigenvalue weighted by Gasteiger charge is -2.12. The molecule has 5 nitrogen and oxygen atoms in total. The van der Waals surface area contributed by atoms with Crippen molar-refractivity contribution in [1.82, 2.24) is 0 Å². The maximum Gasteiger partial charge on any atom is 0.179 e. The molecule has 0 aliphatic heterocycles. The van der Waals surface area contributed by atoms with Gasteiger partial charge < -0.3 is 4.74 Å². The summed E-state index contributed by atoms with van der Waals surface area (Å²) in [6, 6.07) is 20.8. The fourth-order valence-corrected chi connectivity index (χ4v) is 4.10. The first kappa shape index (κ1) is 19.1. The van der Waals surface area contributed by atoms with Crippen LogP contribution in [-0.2, 0) is 19.7 Å². The minimum atomic E-state index is -3.68. The highest BCUT2D eigenvalue weighted by Crippen LogP contribution is 2.32. The van der Waals surface area contributed by atoms with Crippen molar-refractivity contribution in [2.45, 2.75) is 9.79 Å². The summed E-state index contributed by atoms with van der Waals surface area (Å²) in [6.45, 7) is 0. The summed E-state index contributed by atoms with van der Waals surface area (Å²) >= 11 is 0. The van der Waals surface area contributed by atoms with E-state index in [-0.39, 0.29) is 15.5 Å². The lowest BCUT2D eigenvalue weighted by Crippen LogP contribution is -2.04. The highest BCUT2D eigenvalue weighted by Gasteiger charge is 2.19. The van der Waals surface area contributed by atoms with Crippen LogP contribution in [0.5, 0.6) is 11.5 Å². The fraction of sp³-hybridized carbons (Fsp3) is 0.100. The molecule has 0 bridgehead atoms. The van der Waals surface area contributed by atoms with Gasteiger partial charge in [-0.3, -0.25) is 0 Å². The third-order valence-corrected chi connectivity index (χ3v) is 6.16. The van der Waals surface area contributed by atoms with Crippen molar-refractivity contribution in [2.24, 2.45) is 0 Å². The molecule has 140 valence electrons. The van der Waals surface area contributed by atoms with Crippen LogP contribution in [0.25, 0.3) is 11.1 Å². The van der Waals surface area contributed by atoms with Gasteiger partial charge in [-0.05, 0) is 41.5 Å². The van der Waals surface area contributed by atoms with E-state index in [2.05, 4.69) is 0 Å². The Labute approximate surface area is 159 Å². The quantitative estimate of drug-likeness (QED) is 0.646. The average molecular weight is 402 g/mol. The van der Waals surface area contributed by atoms with Gasteiger partial charge in [0.05, 0.1) is 4.90 Å². The van der Waals surface area contributed by atoms with Gasteiger partial charge in [0.1, 0.15) is 16.4 Å². The van der Waals surface area contributed by atoms with Gasteiger partial charge in [-0.15, -0.1) is 0 Å². The summed E-state index contributed by atoms with van der Waals surface area (Å²) in [4.78, 5) is -0.243. The molecule has 0 heterocycles. The molecule has 3 aromatic carbocycles. The number of ether oxygens (including phenoxy) is 1. The van der Waals surface area contributed by atoms with Gasteiger partial charge in [-0.2, -0.15) is 0 Å². The molecule has 0 aliphatic rings. The fourth-order valence-electron chi connectivity index (χ4n) is 2.57. The molecule has 0 atom stereocenters. The second kappa shape index (κ2) is 7.17. The molecule has 0 unspecified atom stereocenters. The van der Waals surface area contributed by atoms with E-state index in [0.717, 1.165) is 29.7 Å². The molecule has 0 saturated carbocycles. The van der Waals surface area contributed by atoms with Crippen molar-refractivity contribution in [3.05, 3.63) is 72.8 Å². The van der Waals surface area contributed by atoms with Gasteiger partial charge in [0.15, 0.2) is 19.7 Å². The van der Waals surface area contributed by atoms with Gasteiger partial charge in [0.25, 0.3) is 0 Å². The summed E-state index contributed by atoms with van der Waals surface area (Å²) in [5.41, 5.74) is 2.05. The van der Waals surface area contributed by atoms with E-state index in [1.54, 1.807) is 12.1 Å². The maximum absolute atomic E-state index is 12.1. The monoisotopic (exact) mass is 402 g/mol. The zero-order valence-electron chi connectivity index (χ0n) is 14.8. The van der Waals surface area contributed by atoms with E-state index in [1.807, 2.05) is 42.5 Å². The largest absolute Gasteiger partial charge is 0.456 e. The normalized spacial score (nSPS) is 11.9. The van der Waals surface area contributed by atoms with Gasteiger partial charge in [-0.25, -0.2) is 16.8 Å². The Hall–Kier alpha value is -2.64. The van der Waals surface area contributed by atoms with Gasteiger partial charge in [0, 0.05) is 12.5 Å². The van der Waals surface area contributed by atoms with Crippen LogP contribution in [0.3, 0.4) is 0 Å². The lowest BCUT2D eigenvalue weighted by molar-refractivity contribution is 0.467. The number of sulfone groups is 2. The molecular formula is C20H18O5S2. The smallest absolute Gasteiger partial charge is 0.179 e. The minimum absolute atomic E-state index is 0.0744. The molecule has 27 heavy (non-hydrogen) atoms. The van der Waals surface area contributed by atoms with Crippen LogP contribution in [0.15, 0.2) is 82.6 Å². The van der Waals surface area contributed by atoms with E-state index < -0.39 is 19.7 Å². The summed E-state index contributed by atoms with van der Waals surface area (Å²) in [5, 5.41) is 0. The van der Waals surface area contributed by atoms with Crippen molar-refractivity contribution in [3.63, 3.8) is 0 Å². The Kier molecular flexibility index (Phi) is 5.08. The van der Waals surface area contributed by atoms with E-state index >= 15 is 0 Å². The van der Waals surface area contributed by atoms with Crippen LogP contribution >= 0.6 is 0 Å². The van der Waals surface area contributed by atoms with Gasteiger partial charge in [-0.1, -0.05) is 42.5 Å². The molecule has 0 fully saturated rings. The van der Waals surface area contributed by atoms with Crippen LogP contribution in [-0.4, -0.2) is 29.3 Å². The molecular weight excluding hydrogens is 384 g/mol. The first-order chi connectivity index (χ1) is 12.6. The lowest BCUT2D eigenvalue weighted by atomic mass is 10.1. The van der Waals surface area contributed by atoms with Crippen LogP contribution in [0.1, 0.15) is 0 Å². The molecule has 3 rings (SSSR count). The molecule has 0 spiro atoms. The molecule has 0 amide bonds. The highest BCUT2D eigenvalue weighted by atomic mass is 32.2. The highest BCUT2D eigenvalue weighted by molar-refractivity contribution is 7.91. The Morgan fingerprint density at radius 1 is 0.667 bits per heavy atom. The van der Waals surface area contributed by atoms with Crippen molar-refractivity contribution < 1.29 is 21.6 Å². The summed E-state index contributed by atoms with van der Waals surface area (Å²) in [7, 11) is -7.21. The number of hydrogen-bond acceptors (Lipinski definition) is 5. The Bertz CT molecular complexity index is 1160. The topological polar surface area (TPSA) is 77.5 Å². The van der Waals surface area contributed by atoms with E-state index in [1.165, 1.54) is 12.1 Å². The molecule has 0 N–H and O–H groups in total. The summed E-state index contributed by atoms with van der Waals surface area (Å²) < 4.78 is 53.3. The van der Waals surface area contributed by atoms with Crippen LogP contribution in [0.2, 0.25) is 0 Å². The zero-order valence-corrected chi connectivity index (χ0v) is 16.4. The Morgan fingerprint density at radius 2 is 1.26 bits per heavy atom. The van der Waals surface area contributed by atoms with Gasteiger partial charge in [0.2, 0.25) is 0 Å². The van der Waals surface area contributed by atoms with E-state index in [9.17, 15) is 16.8 Å². The van der Waals surface area contributed by atoms with E-state index in [0.29, 0.717) is 5.75 Å². The van der Waals surface area contributed by atoms with Crippen LogP contribution in [0.4, 0.5) is 0 Å². The summed E-state index contributed by atoms with van der Waals surface area (Å²) in [5.74, 6) is 0.532. The van der Waals surface area contributed by atoms with Gasteiger partial charge >= 0.3 is 0 Å². The summed E-state index contributed by atoms with van der Waals surface area (Å²) in [6.07, 6.45) is 2.04. The van der Waals surface area contributed by atoms with Crippen molar-refractivity contribution >= 4 is 19.7 Å². The van der Waals surface area contributed by atoms with Crippen LogP contribution in [0, 0.1) is 0 Å². The Balaban J connectivity index is 1.96. The van der Waals surface area contributed by atoms with Crippen molar-refractivity contribution in [2.75, 3.05) is 12.5 Å². The van der Waals surface area contributed by atoms with Crippen LogP contribution < -0.4 is 4.74 Å². The number of hydrogen-bond donors (Lipinski definition) is 0. The SMILES string of the molecule is CS(=O)(=O)c1ccc(Oc2ccc(-c3ccccc3)cc2)c(S(C)(=O)=O)c1. The predicted octanol–water partition coefficient (Wildman–Crippen LogP) is 3.95. The standard InChI is InChI=1S/C20H18O5S2/c1-26(21,22)18-12-13-19(20(14-18)27(2,23)24)25-17-10-8-16(9-11-17)15-6-4-3-5-7-15/h3-14H,1-2H3. The van der Waals surface area contributed by atoms with E-state index in [4.69, 9.17) is 4.74 Å². The van der Waals surface area contributed by atoms with Crippen molar-refractivity contribution in [1.29, 1.82) is 0 Å². The third kappa shape index (κ3) is 4.56. The first-order valence-corrected chi connectivity index (χ1v) is 11.8. The maximum atomic E-state index is 12.1. The Morgan fingerprint density at radius 3 is 1.81 bits per heavy atom. The minimum Gasteiger partial charge on any atom is -0.456 e. The third-order valence-electron chi connectivity index (χ3n) is 3.93. The molecule has 3 aromatic rings. The second-order valence-corrected chi connectivity index (χ2v) is 10.1. The zero-order chi connectivity index (χ0) is 19.7. The predicted molar refractivity (Wildman–Crippen MR) is 105 cm³/mol. The molecule has 0 aliphatic carbocycles. The molecule has 7 heteroatoms. The molecule has 0 saturated heterocycles. The second-order valence-electron chi connectivity index (χ2n) is 6.15. The number of rotatable bonds is 5. The van der Waals surface area contributed by atoms with Crippen molar-refractivity contribution in [3.8, 4) is 22.6 Å². The average Bonchev–Trinajstić information content (AvgIpc) is 2.61. The molecule has 0 radical (unpaired) electrons. The molecule has 0 aromatic heterocycles. The first-order valence-electron chi connectivity index (χ1n) is 8.02. The number of benzene rings is 3.